The number of hydroxylamine groups is 1. The molecule has 2 saturated heterocycles. The Morgan fingerprint density at radius 1 is 1.16 bits per heavy atom. The van der Waals surface area contributed by atoms with Gasteiger partial charge in [-0.2, -0.15) is 0 Å². The standard InChI is InChI=1S/C23H33N3O5/c1-17(2)15-23(16-20(27)24-30)8-9-26(22(23)29)19(14-18-6-4-3-5-7-18)21(28)25-10-12-31-13-11-25/h3-7,17,19,30H,8-16H2,1-2H3,(H,24,27)/t19-,23-/m1/s1. The Morgan fingerprint density at radius 3 is 2.45 bits per heavy atom. The van der Waals surface area contributed by atoms with Crippen LogP contribution in [0.15, 0.2) is 30.3 Å². The third-order valence-electron chi connectivity index (χ3n) is 6.22. The highest BCUT2D eigenvalue weighted by atomic mass is 16.5. The minimum Gasteiger partial charge on any atom is -0.378 e. The molecule has 0 spiro atoms. The van der Waals surface area contributed by atoms with Crippen LogP contribution >= 0.6 is 0 Å². The highest BCUT2D eigenvalue weighted by Gasteiger charge is 2.51. The molecule has 0 bridgehead atoms. The number of benzene rings is 1. The largest absolute Gasteiger partial charge is 0.378 e. The fraction of sp³-hybridized carbons (Fsp3) is 0.609. The summed E-state index contributed by atoms with van der Waals surface area (Å²) < 4.78 is 5.38. The number of likely N-dealkylation sites (tertiary alicyclic amines) is 1. The fourth-order valence-electron chi connectivity index (χ4n) is 4.86. The van der Waals surface area contributed by atoms with E-state index in [2.05, 4.69) is 0 Å². The van der Waals surface area contributed by atoms with E-state index in [4.69, 9.17) is 9.94 Å². The zero-order chi connectivity index (χ0) is 22.4. The van der Waals surface area contributed by atoms with E-state index in [0.717, 1.165) is 5.56 Å². The molecule has 0 unspecified atom stereocenters. The summed E-state index contributed by atoms with van der Waals surface area (Å²) >= 11 is 0. The predicted octanol–water partition coefficient (Wildman–Crippen LogP) is 1.62. The van der Waals surface area contributed by atoms with E-state index in [1.54, 1.807) is 15.3 Å². The van der Waals surface area contributed by atoms with Crippen molar-refractivity contribution in [3.63, 3.8) is 0 Å². The molecule has 0 aliphatic carbocycles. The summed E-state index contributed by atoms with van der Waals surface area (Å²) in [4.78, 5) is 42.7. The first kappa shape index (κ1) is 23.2. The molecule has 2 N–H and O–H groups in total. The number of nitrogens with one attached hydrogen (secondary N) is 1. The van der Waals surface area contributed by atoms with Crippen molar-refractivity contribution in [2.24, 2.45) is 11.3 Å². The molecule has 2 atom stereocenters. The smallest absolute Gasteiger partial charge is 0.245 e. The molecule has 8 heteroatoms. The van der Waals surface area contributed by atoms with E-state index in [-0.39, 0.29) is 24.2 Å². The lowest BCUT2D eigenvalue weighted by atomic mass is 9.75. The third-order valence-corrected chi connectivity index (χ3v) is 6.22. The summed E-state index contributed by atoms with van der Waals surface area (Å²) in [5, 5.41) is 9.06. The van der Waals surface area contributed by atoms with Crippen LogP contribution in [-0.4, -0.2) is 71.6 Å². The highest BCUT2D eigenvalue weighted by Crippen LogP contribution is 2.42. The van der Waals surface area contributed by atoms with E-state index in [0.29, 0.717) is 52.1 Å². The Kier molecular flexibility index (Phi) is 7.67. The quantitative estimate of drug-likeness (QED) is 0.481. The van der Waals surface area contributed by atoms with E-state index in [1.165, 1.54) is 0 Å². The molecule has 3 amide bonds. The number of carbonyl (C=O) groups excluding carboxylic acids is 3. The Morgan fingerprint density at radius 2 is 1.84 bits per heavy atom. The minimum atomic E-state index is -0.902. The zero-order valence-electron chi connectivity index (χ0n) is 18.4. The number of morpholine rings is 1. The van der Waals surface area contributed by atoms with Gasteiger partial charge in [0.05, 0.1) is 18.6 Å². The Labute approximate surface area is 183 Å². The summed E-state index contributed by atoms with van der Waals surface area (Å²) in [5.41, 5.74) is 1.75. The second-order valence-electron chi connectivity index (χ2n) is 8.98. The van der Waals surface area contributed by atoms with Crippen LogP contribution in [0, 0.1) is 11.3 Å². The summed E-state index contributed by atoms with van der Waals surface area (Å²) in [6.45, 7) is 6.44. The number of amides is 3. The van der Waals surface area contributed by atoms with Crippen molar-refractivity contribution in [3.8, 4) is 0 Å². The van der Waals surface area contributed by atoms with Crippen LogP contribution in [0.2, 0.25) is 0 Å². The van der Waals surface area contributed by atoms with Gasteiger partial charge in [-0.3, -0.25) is 19.6 Å². The first-order chi connectivity index (χ1) is 14.9. The van der Waals surface area contributed by atoms with Crippen molar-refractivity contribution < 1.29 is 24.3 Å². The lowest BCUT2D eigenvalue weighted by Crippen LogP contribution is -2.54. The van der Waals surface area contributed by atoms with Gasteiger partial charge in [0.25, 0.3) is 0 Å². The number of nitrogens with zero attached hydrogens (tertiary/aromatic N) is 2. The van der Waals surface area contributed by atoms with Gasteiger partial charge in [-0.25, -0.2) is 5.48 Å². The van der Waals surface area contributed by atoms with Gasteiger partial charge in [-0.1, -0.05) is 44.2 Å². The summed E-state index contributed by atoms with van der Waals surface area (Å²) in [7, 11) is 0. The van der Waals surface area contributed by atoms with Crippen molar-refractivity contribution in [2.45, 2.75) is 45.6 Å². The average molecular weight is 432 g/mol. The molecular formula is C23H33N3O5. The van der Waals surface area contributed by atoms with Crippen LogP contribution in [0.1, 0.15) is 38.7 Å². The van der Waals surface area contributed by atoms with Gasteiger partial charge in [0.1, 0.15) is 6.04 Å². The average Bonchev–Trinajstić information content (AvgIpc) is 3.07. The molecular weight excluding hydrogens is 398 g/mol. The number of hydrogen-bond acceptors (Lipinski definition) is 5. The normalized spacial score (nSPS) is 22.6. The van der Waals surface area contributed by atoms with Gasteiger partial charge in [0.15, 0.2) is 0 Å². The second kappa shape index (κ2) is 10.2. The maximum Gasteiger partial charge on any atom is 0.245 e. The van der Waals surface area contributed by atoms with Crippen molar-refractivity contribution >= 4 is 17.7 Å². The van der Waals surface area contributed by atoms with Crippen molar-refractivity contribution in [2.75, 3.05) is 32.8 Å². The molecule has 8 nitrogen and oxygen atoms in total. The molecule has 2 aliphatic heterocycles. The van der Waals surface area contributed by atoms with Gasteiger partial charge in [-0.05, 0) is 24.3 Å². The molecule has 3 rings (SSSR count). The monoisotopic (exact) mass is 431 g/mol. The number of hydrogen-bond donors (Lipinski definition) is 2. The topological polar surface area (TPSA) is 99.2 Å². The highest BCUT2D eigenvalue weighted by molar-refractivity contribution is 5.94. The SMILES string of the molecule is CC(C)C[C@@]1(CC(=O)NO)CCN([C@H](Cc2ccccc2)C(=O)N2CCOCC2)C1=O. The number of carbonyl (C=O) groups is 3. The first-order valence-corrected chi connectivity index (χ1v) is 11.0. The molecule has 1 aromatic rings. The minimum absolute atomic E-state index is 0.0764. The van der Waals surface area contributed by atoms with Gasteiger partial charge < -0.3 is 14.5 Å². The van der Waals surface area contributed by atoms with Crippen LogP contribution in [0.25, 0.3) is 0 Å². The van der Waals surface area contributed by atoms with E-state index >= 15 is 0 Å². The van der Waals surface area contributed by atoms with Crippen LogP contribution in [-0.2, 0) is 25.5 Å². The van der Waals surface area contributed by atoms with E-state index in [1.807, 2.05) is 44.2 Å². The molecule has 170 valence electrons. The van der Waals surface area contributed by atoms with Crippen LogP contribution in [0.5, 0.6) is 0 Å². The van der Waals surface area contributed by atoms with Gasteiger partial charge in [0, 0.05) is 32.5 Å². The summed E-state index contributed by atoms with van der Waals surface area (Å²) in [5.74, 6) is -0.632. The van der Waals surface area contributed by atoms with Crippen molar-refractivity contribution in [1.29, 1.82) is 0 Å². The zero-order valence-corrected chi connectivity index (χ0v) is 18.4. The van der Waals surface area contributed by atoms with Gasteiger partial charge in [-0.15, -0.1) is 0 Å². The molecule has 2 heterocycles. The van der Waals surface area contributed by atoms with Gasteiger partial charge >= 0.3 is 0 Å². The van der Waals surface area contributed by atoms with E-state index < -0.39 is 17.4 Å². The molecule has 1 aromatic carbocycles. The fourth-order valence-corrected chi connectivity index (χ4v) is 4.86. The molecule has 31 heavy (non-hydrogen) atoms. The van der Waals surface area contributed by atoms with Crippen molar-refractivity contribution in [1.82, 2.24) is 15.3 Å². The van der Waals surface area contributed by atoms with Crippen LogP contribution in [0.3, 0.4) is 0 Å². The second-order valence-corrected chi connectivity index (χ2v) is 8.98. The third kappa shape index (κ3) is 5.43. The van der Waals surface area contributed by atoms with Crippen LogP contribution in [0.4, 0.5) is 0 Å². The maximum atomic E-state index is 13.7. The number of rotatable bonds is 8. The molecule has 2 fully saturated rings. The van der Waals surface area contributed by atoms with Crippen LogP contribution < -0.4 is 5.48 Å². The molecule has 0 saturated carbocycles. The summed E-state index contributed by atoms with van der Waals surface area (Å²) in [6, 6.07) is 9.06. The maximum absolute atomic E-state index is 13.7. The van der Waals surface area contributed by atoms with Crippen molar-refractivity contribution in [3.05, 3.63) is 35.9 Å². The first-order valence-electron chi connectivity index (χ1n) is 11.0. The number of ether oxygens (including phenoxy) is 1. The Balaban J connectivity index is 1.89. The van der Waals surface area contributed by atoms with Gasteiger partial charge in [0.2, 0.25) is 17.7 Å². The molecule has 0 aromatic heterocycles. The predicted molar refractivity (Wildman–Crippen MR) is 114 cm³/mol. The Bertz CT molecular complexity index is 779. The van der Waals surface area contributed by atoms with E-state index in [9.17, 15) is 14.4 Å². The summed E-state index contributed by atoms with van der Waals surface area (Å²) in [6.07, 6.45) is 1.35. The lowest BCUT2D eigenvalue weighted by molar-refractivity contribution is -0.151. The lowest BCUT2D eigenvalue weighted by Gasteiger charge is -2.36. The molecule has 0 radical (unpaired) electrons. The Hall–Kier alpha value is -2.45. The molecule has 2 aliphatic rings.